The highest BCUT2D eigenvalue weighted by Crippen LogP contribution is 2.61. The summed E-state index contributed by atoms with van der Waals surface area (Å²) in [5, 5.41) is 0. The van der Waals surface area contributed by atoms with Crippen LogP contribution in [-0.4, -0.2) is 12.3 Å². The molecule has 2 atom stereocenters. The van der Waals surface area contributed by atoms with Crippen LogP contribution in [0, 0.1) is 16.2 Å². The zero-order valence-electron chi connectivity index (χ0n) is 12.4. The van der Waals surface area contributed by atoms with E-state index in [1.54, 1.807) is 0 Å². The first-order valence-corrected chi connectivity index (χ1v) is 8.39. The molecule has 1 rings (SSSR count). The summed E-state index contributed by atoms with van der Waals surface area (Å²) in [6, 6.07) is 0. The van der Waals surface area contributed by atoms with Crippen molar-refractivity contribution in [2.24, 2.45) is 16.2 Å². The molecule has 1 saturated carbocycles. The summed E-state index contributed by atoms with van der Waals surface area (Å²) < 4.78 is 0. The molecule has 1 aliphatic carbocycles. The maximum atomic E-state index is 2.46. The molecule has 0 aromatic rings. The van der Waals surface area contributed by atoms with Gasteiger partial charge in [0.2, 0.25) is 0 Å². The topological polar surface area (TPSA) is 0 Å². The van der Waals surface area contributed by atoms with Crippen LogP contribution in [0.3, 0.4) is 0 Å². The molecule has 1 heteroatoms. The van der Waals surface area contributed by atoms with E-state index in [1.807, 2.05) is 0 Å². The van der Waals surface area contributed by atoms with Gasteiger partial charge < -0.3 is 0 Å². The smallest absolute Gasteiger partial charge is 0.0194 e. The van der Waals surface area contributed by atoms with Crippen molar-refractivity contribution < 1.29 is 0 Å². The highest BCUT2D eigenvalue weighted by Gasteiger charge is 2.51. The number of rotatable bonds is 1. The van der Waals surface area contributed by atoms with Gasteiger partial charge in [-0.3, -0.25) is 0 Å². The third-order valence-electron chi connectivity index (χ3n) is 5.03. The quantitative estimate of drug-likeness (QED) is 0.546. The van der Waals surface area contributed by atoms with Gasteiger partial charge >= 0.3 is 0 Å². The Bertz CT molecular complexity index is 215. The van der Waals surface area contributed by atoms with Crippen LogP contribution in [0.5, 0.6) is 0 Å². The summed E-state index contributed by atoms with van der Waals surface area (Å²) in [5.74, 6) is 0. The molecule has 1 aliphatic rings. The first kappa shape index (κ1) is 14.5. The van der Waals surface area contributed by atoms with Crippen LogP contribution >= 0.6 is 8.58 Å². The SMILES string of the molecule is CPC1CCCC(C(C)(C)C)(C(C)(C)C)C1. The average Bonchev–Trinajstić information content (AvgIpc) is 2.14. The molecule has 0 spiro atoms. The van der Waals surface area contributed by atoms with Crippen LogP contribution < -0.4 is 0 Å². The third kappa shape index (κ3) is 2.47. The lowest BCUT2D eigenvalue weighted by Gasteiger charge is -2.57. The van der Waals surface area contributed by atoms with Crippen molar-refractivity contribution in [2.75, 3.05) is 6.66 Å². The Labute approximate surface area is 105 Å². The first-order chi connectivity index (χ1) is 7.14. The molecular formula is C15H31P. The van der Waals surface area contributed by atoms with Crippen molar-refractivity contribution in [2.45, 2.75) is 72.9 Å². The Balaban J connectivity index is 3.06. The summed E-state index contributed by atoms with van der Waals surface area (Å²) in [7, 11) is 1.13. The monoisotopic (exact) mass is 242 g/mol. The minimum Gasteiger partial charge on any atom is -0.122 e. The Morgan fingerprint density at radius 3 is 1.88 bits per heavy atom. The lowest BCUT2D eigenvalue weighted by molar-refractivity contribution is -0.0621. The maximum Gasteiger partial charge on any atom is -0.0194 e. The highest BCUT2D eigenvalue weighted by atomic mass is 31.1. The molecule has 0 N–H and O–H groups in total. The van der Waals surface area contributed by atoms with E-state index in [4.69, 9.17) is 0 Å². The van der Waals surface area contributed by atoms with E-state index < -0.39 is 0 Å². The van der Waals surface area contributed by atoms with Crippen molar-refractivity contribution in [1.29, 1.82) is 0 Å². The van der Waals surface area contributed by atoms with Gasteiger partial charge in [0.15, 0.2) is 0 Å². The average molecular weight is 242 g/mol. The summed E-state index contributed by atoms with van der Waals surface area (Å²) in [5.41, 5.74) is 2.39. The summed E-state index contributed by atoms with van der Waals surface area (Å²) in [4.78, 5) is 0. The van der Waals surface area contributed by atoms with Gasteiger partial charge in [0.1, 0.15) is 0 Å². The molecule has 96 valence electrons. The molecule has 0 aliphatic heterocycles. The summed E-state index contributed by atoms with van der Waals surface area (Å²) in [6.07, 6.45) is 5.80. The minimum atomic E-state index is 0.434. The molecule has 1 fully saturated rings. The molecule has 2 unspecified atom stereocenters. The molecule has 0 nitrogen and oxygen atoms in total. The number of hydrogen-bond acceptors (Lipinski definition) is 0. The van der Waals surface area contributed by atoms with Crippen LogP contribution in [-0.2, 0) is 0 Å². The molecule has 0 aromatic heterocycles. The van der Waals surface area contributed by atoms with E-state index in [-0.39, 0.29) is 0 Å². The Morgan fingerprint density at radius 1 is 1.00 bits per heavy atom. The maximum absolute atomic E-state index is 2.46. The fourth-order valence-electron chi connectivity index (χ4n) is 4.01. The standard InChI is InChI=1S/C15H31P/c1-13(2,3)15(14(4,5)6)10-8-9-12(11-15)16-7/h12,16H,8-11H2,1-7H3. The van der Waals surface area contributed by atoms with Crippen LogP contribution in [0.4, 0.5) is 0 Å². The van der Waals surface area contributed by atoms with Crippen molar-refractivity contribution in [3.63, 3.8) is 0 Å². The second kappa shape index (κ2) is 4.60. The van der Waals surface area contributed by atoms with E-state index in [0.29, 0.717) is 16.2 Å². The van der Waals surface area contributed by atoms with Crippen molar-refractivity contribution in [3.05, 3.63) is 0 Å². The predicted molar refractivity (Wildman–Crippen MR) is 77.8 cm³/mol. The fourth-order valence-corrected chi connectivity index (χ4v) is 5.05. The van der Waals surface area contributed by atoms with Gasteiger partial charge in [-0.15, -0.1) is 8.58 Å². The molecule has 0 heterocycles. The van der Waals surface area contributed by atoms with Gasteiger partial charge in [0, 0.05) is 0 Å². The Kier molecular flexibility index (Phi) is 4.17. The van der Waals surface area contributed by atoms with Crippen LogP contribution in [0.15, 0.2) is 0 Å². The molecule has 0 aromatic carbocycles. The lowest BCUT2D eigenvalue weighted by Crippen LogP contribution is -2.49. The largest absolute Gasteiger partial charge is 0.122 e. The fraction of sp³-hybridized carbons (Fsp3) is 1.00. The lowest BCUT2D eigenvalue weighted by atomic mass is 9.49. The minimum absolute atomic E-state index is 0.434. The van der Waals surface area contributed by atoms with Gasteiger partial charge in [-0.05, 0) is 47.8 Å². The van der Waals surface area contributed by atoms with Crippen LogP contribution in [0.2, 0.25) is 0 Å². The predicted octanol–water partition coefficient (Wildman–Crippen LogP) is 5.32. The molecule has 0 amide bonds. The van der Waals surface area contributed by atoms with Crippen molar-refractivity contribution >= 4 is 8.58 Å². The van der Waals surface area contributed by atoms with Crippen molar-refractivity contribution in [1.82, 2.24) is 0 Å². The van der Waals surface area contributed by atoms with E-state index in [1.165, 1.54) is 25.7 Å². The van der Waals surface area contributed by atoms with Gasteiger partial charge in [-0.2, -0.15) is 0 Å². The summed E-state index contributed by atoms with van der Waals surface area (Å²) in [6.45, 7) is 17.1. The third-order valence-corrected chi connectivity index (χ3v) is 6.34. The van der Waals surface area contributed by atoms with Gasteiger partial charge in [-0.1, -0.05) is 48.0 Å². The molecule has 0 saturated heterocycles. The van der Waals surface area contributed by atoms with Crippen LogP contribution in [0.1, 0.15) is 67.2 Å². The molecule has 16 heavy (non-hydrogen) atoms. The first-order valence-electron chi connectivity index (χ1n) is 6.81. The second-order valence-electron chi connectivity index (χ2n) is 7.66. The van der Waals surface area contributed by atoms with E-state index in [9.17, 15) is 0 Å². The Hall–Kier alpha value is 0.430. The Morgan fingerprint density at radius 2 is 1.50 bits per heavy atom. The van der Waals surface area contributed by atoms with E-state index in [0.717, 1.165) is 14.2 Å². The zero-order valence-corrected chi connectivity index (χ0v) is 13.4. The highest BCUT2D eigenvalue weighted by molar-refractivity contribution is 7.37. The van der Waals surface area contributed by atoms with Gasteiger partial charge in [0.25, 0.3) is 0 Å². The normalized spacial score (nSPS) is 27.6. The van der Waals surface area contributed by atoms with Gasteiger partial charge in [0.05, 0.1) is 0 Å². The van der Waals surface area contributed by atoms with E-state index >= 15 is 0 Å². The molecule has 0 bridgehead atoms. The van der Waals surface area contributed by atoms with Gasteiger partial charge in [-0.25, -0.2) is 0 Å². The zero-order chi connectivity index (χ0) is 12.6. The van der Waals surface area contributed by atoms with Crippen LogP contribution in [0.25, 0.3) is 0 Å². The molecule has 0 radical (unpaired) electrons. The number of hydrogen-bond donors (Lipinski definition) is 0. The second-order valence-corrected chi connectivity index (χ2v) is 9.06. The molecular weight excluding hydrogens is 211 g/mol. The van der Waals surface area contributed by atoms with E-state index in [2.05, 4.69) is 48.2 Å². The summed E-state index contributed by atoms with van der Waals surface area (Å²) >= 11 is 0. The van der Waals surface area contributed by atoms with Crippen molar-refractivity contribution in [3.8, 4) is 0 Å².